The first-order valence-corrected chi connectivity index (χ1v) is 19.1. The molecule has 8 aromatic rings. The van der Waals surface area contributed by atoms with E-state index in [9.17, 15) is 0 Å². The number of fused-ring (bicyclic) bond motifs is 3. The molecular weight excluding hydrogens is 792 g/mol. The molecule has 10 nitrogen and oxygen atoms in total. The first kappa shape index (κ1) is 40.5. The van der Waals surface area contributed by atoms with Crippen molar-refractivity contribution in [2.24, 2.45) is 0 Å². The summed E-state index contributed by atoms with van der Waals surface area (Å²) >= 11 is 24.5. The molecule has 0 aliphatic heterocycles. The van der Waals surface area contributed by atoms with Crippen LogP contribution in [0.3, 0.4) is 0 Å². The molecule has 14 heteroatoms. The summed E-state index contributed by atoms with van der Waals surface area (Å²) in [5.74, 6) is 4.41. The fourth-order valence-electron chi connectivity index (χ4n) is 5.60. The first-order chi connectivity index (χ1) is 26.9. The fraction of sp³-hybridized carbons (Fsp3) is 0.214. The van der Waals surface area contributed by atoms with Crippen molar-refractivity contribution in [3.63, 3.8) is 0 Å². The summed E-state index contributed by atoms with van der Waals surface area (Å²) in [7, 11) is 4.87. The number of methoxy groups -OCH3 is 3. The van der Waals surface area contributed by atoms with Gasteiger partial charge in [-0.1, -0.05) is 74.1 Å². The Morgan fingerprint density at radius 1 is 0.464 bits per heavy atom. The fourth-order valence-corrected chi connectivity index (χ4v) is 6.64. The van der Waals surface area contributed by atoms with Crippen LogP contribution >= 0.6 is 46.4 Å². The summed E-state index contributed by atoms with van der Waals surface area (Å²) in [5.41, 5.74) is 4.37. The number of ether oxygens (including phenoxy) is 3. The highest BCUT2D eigenvalue weighted by molar-refractivity contribution is 6.38. The van der Waals surface area contributed by atoms with Crippen molar-refractivity contribution in [1.29, 1.82) is 0 Å². The van der Waals surface area contributed by atoms with Gasteiger partial charge in [-0.25, -0.2) is 24.3 Å². The van der Waals surface area contributed by atoms with Gasteiger partial charge in [0.25, 0.3) is 0 Å². The van der Waals surface area contributed by atoms with Crippen LogP contribution in [0.25, 0.3) is 44.3 Å². The van der Waals surface area contributed by atoms with Crippen LogP contribution in [0.5, 0.6) is 17.2 Å². The normalized spacial score (nSPS) is 11.1. The number of nitrogens with zero attached hydrogens (tertiary/aromatic N) is 7. The molecule has 5 heterocycles. The monoisotopic (exact) mass is 829 g/mol. The van der Waals surface area contributed by atoms with Crippen LogP contribution in [-0.4, -0.2) is 55.8 Å². The minimum absolute atomic E-state index is 0.377. The Morgan fingerprint density at radius 3 is 1.16 bits per heavy atom. The minimum Gasteiger partial charge on any atom is -0.497 e. The van der Waals surface area contributed by atoms with Crippen molar-refractivity contribution in [1.82, 2.24) is 34.5 Å². The lowest BCUT2D eigenvalue weighted by molar-refractivity contribution is 0.415. The Labute approximate surface area is 344 Å². The van der Waals surface area contributed by atoms with Crippen molar-refractivity contribution < 1.29 is 14.2 Å². The Kier molecular flexibility index (Phi) is 12.9. The maximum atomic E-state index is 6.36. The van der Waals surface area contributed by atoms with Gasteiger partial charge in [0.1, 0.15) is 22.4 Å². The Hall–Kier alpha value is -5.13. The van der Waals surface area contributed by atoms with Crippen LogP contribution in [-0.2, 0) is 0 Å². The summed E-state index contributed by atoms with van der Waals surface area (Å²) in [6.45, 7) is 8.44. The van der Waals surface area contributed by atoms with Gasteiger partial charge in [0.05, 0.1) is 64.3 Å². The van der Waals surface area contributed by atoms with E-state index in [4.69, 9.17) is 60.6 Å². The molecule has 0 unspecified atom stereocenters. The summed E-state index contributed by atoms with van der Waals surface area (Å²) in [5, 5.41) is 14.0. The molecule has 0 amide bonds. The number of halogens is 4. The highest BCUT2D eigenvalue weighted by Gasteiger charge is 2.12. The Morgan fingerprint density at radius 2 is 0.821 bits per heavy atom. The van der Waals surface area contributed by atoms with E-state index in [0.717, 1.165) is 61.3 Å². The molecule has 0 fully saturated rings. The third-order valence-corrected chi connectivity index (χ3v) is 9.85. The highest BCUT2D eigenvalue weighted by atomic mass is 35.5. The minimum atomic E-state index is 0.377. The summed E-state index contributed by atoms with van der Waals surface area (Å²) in [4.78, 5) is 13.4. The molecule has 0 radical (unpaired) electrons. The molecule has 288 valence electrons. The number of rotatable bonds is 7. The maximum Gasteiger partial charge on any atom is 0.155 e. The van der Waals surface area contributed by atoms with E-state index in [1.807, 2.05) is 85.2 Å². The molecular formula is C42H39Cl4N7O3. The van der Waals surface area contributed by atoms with Crippen LogP contribution in [0.4, 0.5) is 0 Å². The number of hydrogen-bond donors (Lipinski definition) is 0. The third-order valence-electron chi connectivity index (χ3n) is 8.71. The van der Waals surface area contributed by atoms with Crippen molar-refractivity contribution in [2.45, 2.75) is 39.5 Å². The van der Waals surface area contributed by atoms with Gasteiger partial charge in [0.15, 0.2) is 11.6 Å². The zero-order valence-electron chi connectivity index (χ0n) is 31.8. The molecule has 56 heavy (non-hydrogen) atoms. The van der Waals surface area contributed by atoms with E-state index < -0.39 is 0 Å². The van der Waals surface area contributed by atoms with E-state index in [-0.39, 0.29) is 0 Å². The lowest BCUT2D eigenvalue weighted by Crippen LogP contribution is -2.00. The van der Waals surface area contributed by atoms with E-state index in [0.29, 0.717) is 43.7 Å². The number of hydrogen-bond acceptors (Lipinski definition) is 8. The van der Waals surface area contributed by atoms with Crippen molar-refractivity contribution in [3.8, 4) is 28.9 Å². The second-order valence-corrected chi connectivity index (χ2v) is 14.8. The van der Waals surface area contributed by atoms with Gasteiger partial charge in [0, 0.05) is 58.9 Å². The molecule has 0 bridgehead atoms. The summed E-state index contributed by atoms with van der Waals surface area (Å²) in [6.07, 6.45) is 3.81. The van der Waals surface area contributed by atoms with Crippen molar-refractivity contribution in [2.75, 3.05) is 21.3 Å². The molecule has 0 atom stereocenters. The number of aromatic nitrogens is 7. The summed E-state index contributed by atoms with van der Waals surface area (Å²) in [6, 6.07) is 26.1. The summed E-state index contributed by atoms with van der Waals surface area (Å²) < 4.78 is 19.1. The van der Waals surface area contributed by atoms with Crippen LogP contribution in [0.1, 0.15) is 50.9 Å². The number of pyridine rings is 3. The van der Waals surface area contributed by atoms with Crippen LogP contribution < -0.4 is 14.2 Å². The van der Waals surface area contributed by atoms with Gasteiger partial charge in [-0.05, 0) is 66.4 Å². The molecule has 0 aliphatic carbocycles. The lowest BCUT2D eigenvalue weighted by Gasteiger charge is -2.07. The second-order valence-electron chi connectivity index (χ2n) is 13.2. The average Bonchev–Trinajstić information content (AvgIpc) is 3.90. The molecule has 0 N–H and O–H groups in total. The van der Waals surface area contributed by atoms with E-state index >= 15 is 0 Å². The lowest BCUT2D eigenvalue weighted by atomic mass is 10.1. The van der Waals surface area contributed by atoms with Gasteiger partial charge in [-0.15, -0.1) is 0 Å². The zero-order valence-corrected chi connectivity index (χ0v) is 34.8. The van der Waals surface area contributed by atoms with Gasteiger partial charge < -0.3 is 14.2 Å². The first-order valence-electron chi connectivity index (χ1n) is 17.6. The van der Waals surface area contributed by atoms with Crippen molar-refractivity contribution >= 4 is 79.1 Å². The predicted molar refractivity (Wildman–Crippen MR) is 227 cm³/mol. The van der Waals surface area contributed by atoms with Gasteiger partial charge in [0.2, 0.25) is 0 Å². The largest absolute Gasteiger partial charge is 0.497 e. The van der Waals surface area contributed by atoms with Crippen molar-refractivity contribution in [3.05, 3.63) is 129 Å². The standard InChI is InChI=1S/2C16H16ClN3O.C10H7Cl2NO/c2*1-10(2)14-6-7-20(19-14)16-9-13(17)12-5-4-11(21-3)8-15(12)18-16;1-14-6-2-3-7-8(11)5-10(12)13-9(7)4-6/h2*4-10H,1-3H3;2-5H,1H3. The van der Waals surface area contributed by atoms with Gasteiger partial charge >= 0.3 is 0 Å². The Balaban J connectivity index is 0.000000146. The van der Waals surface area contributed by atoms with Crippen LogP contribution in [0.2, 0.25) is 20.2 Å². The topological polar surface area (TPSA) is 102 Å². The second kappa shape index (κ2) is 17.8. The SMILES string of the molecule is COc1ccc2c(Cl)cc(-n3ccc(C(C)C)n3)nc2c1.COc1ccc2c(Cl)cc(-n3ccc(C(C)C)n3)nc2c1.COc1ccc2c(Cl)cc(Cl)nc2c1. The van der Waals surface area contributed by atoms with E-state index in [1.54, 1.807) is 42.8 Å². The molecule has 0 saturated carbocycles. The number of benzene rings is 3. The Bertz CT molecular complexity index is 2510. The third kappa shape index (κ3) is 9.28. The average molecular weight is 832 g/mol. The van der Waals surface area contributed by atoms with E-state index in [1.165, 1.54) is 0 Å². The molecule has 0 spiro atoms. The molecule has 0 aliphatic rings. The molecule has 5 aromatic heterocycles. The highest BCUT2D eigenvalue weighted by Crippen LogP contribution is 2.30. The van der Waals surface area contributed by atoms with E-state index in [2.05, 4.69) is 52.8 Å². The van der Waals surface area contributed by atoms with Crippen LogP contribution in [0, 0.1) is 0 Å². The maximum absolute atomic E-state index is 6.36. The van der Waals surface area contributed by atoms with Crippen LogP contribution in [0.15, 0.2) is 97.3 Å². The predicted octanol–water partition coefficient (Wildman–Crippen LogP) is 12.0. The zero-order chi connectivity index (χ0) is 40.1. The molecule has 3 aromatic carbocycles. The van der Waals surface area contributed by atoms with Gasteiger partial charge in [-0.2, -0.15) is 10.2 Å². The van der Waals surface area contributed by atoms with Gasteiger partial charge in [-0.3, -0.25) is 0 Å². The quantitative estimate of drug-likeness (QED) is 0.146. The smallest absolute Gasteiger partial charge is 0.155 e. The molecule has 8 rings (SSSR count). The molecule has 0 saturated heterocycles.